The minimum Gasteiger partial charge on any atom is -0.494 e. The highest BCUT2D eigenvalue weighted by atomic mass is 32.1. The summed E-state index contributed by atoms with van der Waals surface area (Å²) in [5.74, 6) is 2.71. The molecule has 2 aliphatic rings. The summed E-state index contributed by atoms with van der Waals surface area (Å²) >= 11 is 5.97. The lowest BCUT2D eigenvalue weighted by atomic mass is 9.76. The van der Waals surface area contributed by atoms with Gasteiger partial charge in [-0.1, -0.05) is 53.8 Å². The van der Waals surface area contributed by atoms with Crippen LogP contribution >= 0.6 is 12.2 Å². The highest BCUT2D eigenvalue weighted by Gasteiger charge is 2.37. The van der Waals surface area contributed by atoms with E-state index in [0.29, 0.717) is 21.6 Å². The maximum atomic E-state index is 13.2. The van der Waals surface area contributed by atoms with Crippen LogP contribution in [0.15, 0.2) is 72.6 Å². The highest BCUT2D eigenvalue weighted by molar-refractivity contribution is 7.81. The van der Waals surface area contributed by atoms with Crippen molar-refractivity contribution in [2.24, 2.45) is 10.8 Å². The first-order valence-electron chi connectivity index (χ1n) is 14.9. The van der Waals surface area contributed by atoms with Crippen molar-refractivity contribution in [2.75, 3.05) is 0 Å². The van der Waals surface area contributed by atoms with Crippen LogP contribution in [0.3, 0.4) is 0 Å². The Labute approximate surface area is 265 Å². The van der Waals surface area contributed by atoms with Gasteiger partial charge in [-0.3, -0.25) is 14.8 Å². The van der Waals surface area contributed by atoms with Crippen LogP contribution in [0.2, 0.25) is 0 Å². The Morgan fingerprint density at radius 3 is 1.70 bits per heavy atom. The summed E-state index contributed by atoms with van der Waals surface area (Å²) in [7, 11) is 0. The first-order chi connectivity index (χ1) is 20.0. The predicted molar refractivity (Wildman–Crippen MR) is 182 cm³/mol. The van der Waals surface area contributed by atoms with Crippen molar-refractivity contribution in [3.63, 3.8) is 0 Å². The second-order valence-electron chi connectivity index (χ2n) is 15.7. The number of hydrogen-bond acceptors (Lipinski definition) is 5. The maximum Gasteiger partial charge on any atom is 0.335 e. The van der Waals surface area contributed by atoms with Gasteiger partial charge in [-0.25, -0.2) is 9.21 Å². The molecule has 0 unspecified atom stereocenters. The monoisotopic (exact) mass is 617 g/mol. The zero-order chi connectivity index (χ0) is 33.2. The van der Waals surface area contributed by atoms with E-state index >= 15 is 0 Å². The molecule has 1 aliphatic carbocycles. The maximum absolute atomic E-state index is 13.2. The molecule has 0 spiro atoms. The molecule has 0 saturated heterocycles. The van der Waals surface area contributed by atoms with E-state index in [2.05, 4.69) is 93.1 Å². The van der Waals surface area contributed by atoms with Crippen LogP contribution in [0, 0.1) is 10.8 Å². The fourth-order valence-corrected chi connectivity index (χ4v) is 5.05. The Kier molecular flexibility index (Phi) is 8.27. The second kappa shape index (κ2) is 11.0. The average Bonchev–Trinajstić information content (AvgIpc) is 2.86. The molecule has 2 aromatic rings. The molecule has 1 aliphatic heterocycles. The van der Waals surface area contributed by atoms with Gasteiger partial charge in [0.2, 0.25) is 5.88 Å². The standard InChI is InChI=1S/C36H44N2O5S/c1-33(2,3)23-15-19(16-24(42-23)34(4,5)6)13-21-27(28-30(39)37-32(41)38-31(28)40)22(29(21)44)14-20-17-25(35(7,8)9)43-26(18-20)36(10,11)12/h13-18H,1-12H3,(H2-,37,38,39,40,41,44)/p+1. The van der Waals surface area contributed by atoms with Crippen molar-refractivity contribution in [3.8, 4) is 5.88 Å². The molecule has 0 amide bonds. The Balaban J connectivity index is 2.03. The number of rotatable bonds is 3. The molecule has 7 nitrogen and oxygen atoms in total. The van der Waals surface area contributed by atoms with Gasteiger partial charge >= 0.3 is 17.2 Å². The molecular formula is C36H45N2O5S+. The van der Waals surface area contributed by atoms with E-state index in [1.807, 2.05) is 36.4 Å². The molecule has 0 fully saturated rings. The van der Waals surface area contributed by atoms with Gasteiger partial charge in [0.15, 0.2) is 0 Å². The van der Waals surface area contributed by atoms with Gasteiger partial charge in [-0.05, 0) is 77.0 Å². The molecular weight excluding hydrogens is 572 g/mol. The number of aromatic amines is 2. The molecule has 0 saturated carbocycles. The summed E-state index contributed by atoms with van der Waals surface area (Å²) in [6.07, 6.45) is 7.79. The van der Waals surface area contributed by atoms with Crippen molar-refractivity contribution in [3.05, 3.63) is 102 Å². The predicted octanol–water partition coefficient (Wildman–Crippen LogP) is 8.28. The van der Waals surface area contributed by atoms with Crippen LogP contribution in [0.4, 0.5) is 0 Å². The summed E-state index contributed by atoms with van der Waals surface area (Å²) in [5.41, 5.74) is 0.808. The zero-order valence-corrected chi connectivity index (χ0v) is 28.8. The van der Waals surface area contributed by atoms with Crippen molar-refractivity contribution in [1.29, 1.82) is 0 Å². The molecule has 44 heavy (non-hydrogen) atoms. The van der Waals surface area contributed by atoms with E-state index in [0.717, 1.165) is 34.2 Å². The van der Waals surface area contributed by atoms with Crippen LogP contribution in [0.1, 0.15) is 106 Å². The summed E-state index contributed by atoms with van der Waals surface area (Å²) in [5, 5.41) is 10.8. The van der Waals surface area contributed by atoms with E-state index in [4.69, 9.17) is 21.4 Å². The highest BCUT2D eigenvalue weighted by Crippen LogP contribution is 2.45. The number of nitrogens with one attached hydrogen (secondary N) is 2. The minimum absolute atomic E-state index is 0.0453. The quantitative estimate of drug-likeness (QED) is 0.182. The van der Waals surface area contributed by atoms with E-state index in [1.165, 1.54) is 0 Å². The normalized spacial score (nSPS) is 17.3. The fraction of sp³-hybridized carbons (Fsp3) is 0.444. The Hall–Kier alpha value is -3.78. The average molecular weight is 618 g/mol. The largest absolute Gasteiger partial charge is 0.494 e. The first kappa shape index (κ1) is 33.1. The van der Waals surface area contributed by atoms with Crippen LogP contribution in [0.5, 0.6) is 5.88 Å². The first-order valence-corrected chi connectivity index (χ1v) is 15.3. The lowest BCUT2D eigenvalue weighted by Gasteiger charge is -2.33. The SMILES string of the molecule is CC(C)(C)C1=CC(=CC2=C(c3c(O)[nH]c(=O)[nH]c3=O)/C(=C/c3cc(C(C)(C)C)[o+]c(C(C)(C)C)c3)C2=S)C=C(C(C)(C)C)O1. The van der Waals surface area contributed by atoms with Crippen LogP contribution in [-0.4, -0.2) is 19.9 Å². The van der Waals surface area contributed by atoms with Gasteiger partial charge in [0.1, 0.15) is 17.1 Å². The number of ether oxygens (including phenoxy) is 1. The molecule has 3 N–H and O–H groups in total. The smallest absolute Gasteiger partial charge is 0.335 e. The lowest BCUT2D eigenvalue weighted by Crippen LogP contribution is -2.29. The van der Waals surface area contributed by atoms with Crippen molar-refractivity contribution >= 4 is 28.7 Å². The van der Waals surface area contributed by atoms with Crippen LogP contribution in [0.25, 0.3) is 11.6 Å². The molecule has 8 heteroatoms. The van der Waals surface area contributed by atoms with E-state index in [1.54, 1.807) is 0 Å². The van der Waals surface area contributed by atoms with E-state index < -0.39 is 17.1 Å². The fourth-order valence-electron chi connectivity index (χ4n) is 4.73. The number of aromatic hydroxyl groups is 1. The van der Waals surface area contributed by atoms with Crippen molar-refractivity contribution in [1.82, 2.24) is 9.97 Å². The van der Waals surface area contributed by atoms with Crippen molar-refractivity contribution in [2.45, 2.75) is 93.9 Å². The Morgan fingerprint density at radius 1 is 0.773 bits per heavy atom. The minimum atomic E-state index is -0.793. The number of H-pyrrole nitrogens is 2. The third-order valence-corrected chi connectivity index (χ3v) is 7.85. The molecule has 4 rings (SSSR count). The molecule has 2 aromatic heterocycles. The van der Waals surface area contributed by atoms with Gasteiger partial charge in [0, 0.05) is 39.7 Å². The Morgan fingerprint density at radius 2 is 1.27 bits per heavy atom. The zero-order valence-electron chi connectivity index (χ0n) is 28.0. The van der Waals surface area contributed by atoms with Gasteiger partial charge in [-0.15, -0.1) is 0 Å². The van der Waals surface area contributed by atoms with Gasteiger partial charge in [-0.2, -0.15) is 0 Å². The number of aromatic nitrogens is 2. The Bertz CT molecular complexity index is 1750. The van der Waals surface area contributed by atoms with E-state index in [-0.39, 0.29) is 27.2 Å². The number of allylic oxidation sites excluding steroid dienone is 9. The van der Waals surface area contributed by atoms with Crippen LogP contribution in [-0.2, 0) is 15.6 Å². The summed E-state index contributed by atoms with van der Waals surface area (Å²) in [6.45, 7) is 25.0. The summed E-state index contributed by atoms with van der Waals surface area (Å²) < 4.78 is 12.6. The summed E-state index contributed by atoms with van der Waals surface area (Å²) in [6, 6.07) is 3.95. The van der Waals surface area contributed by atoms with Gasteiger partial charge in [0.25, 0.3) is 5.56 Å². The van der Waals surface area contributed by atoms with Crippen LogP contribution < -0.4 is 11.2 Å². The topological polar surface area (TPSA) is 106 Å². The van der Waals surface area contributed by atoms with Gasteiger partial charge < -0.3 is 9.84 Å². The number of thiocarbonyl (C=S) groups is 1. The summed E-state index contributed by atoms with van der Waals surface area (Å²) in [4.78, 5) is 30.2. The van der Waals surface area contributed by atoms with Crippen molar-refractivity contribution < 1.29 is 14.3 Å². The molecule has 234 valence electrons. The molecule has 0 atom stereocenters. The molecule has 0 radical (unpaired) electrons. The van der Waals surface area contributed by atoms with E-state index in [9.17, 15) is 14.7 Å². The molecule has 3 heterocycles. The van der Waals surface area contributed by atoms with Gasteiger partial charge in [0.05, 0.1) is 15.7 Å². The molecule has 0 aromatic carbocycles. The third-order valence-electron chi connectivity index (χ3n) is 7.41. The lowest BCUT2D eigenvalue weighted by molar-refractivity contribution is 0.161. The molecule has 0 bridgehead atoms. The number of hydrogen-bond donors (Lipinski definition) is 3. The second-order valence-corrected chi connectivity index (χ2v) is 16.1. The third kappa shape index (κ3) is 6.80.